The Kier molecular flexibility index (Phi) is 8.08. The molecule has 1 aromatic rings. The van der Waals surface area contributed by atoms with Crippen LogP contribution in [-0.4, -0.2) is 66.3 Å². The summed E-state index contributed by atoms with van der Waals surface area (Å²) in [4.78, 5) is 32.8. The van der Waals surface area contributed by atoms with Gasteiger partial charge in [-0.1, -0.05) is 39.0 Å². The van der Waals surface area contributed by atoms with E-state index >= 15 is 0 Å². The number of carbonyl (C=O) groups excluding carboxylic acids is 2. The maximum absolute atomic E-state index is 12.6. The van der Waals surface area contributed by atoms with Gasteiger partial charge in [0.1, 0.15) is 5.75 Å². The second kappa shape index (κ2) is 11.0. The van der Waals surface area contributed by atoms with Crippen LogP contribution < -0.4 is 15.5 Å². The summed E-state index contributed by atoms with van der Waals surface area (Å²) in [7, 11) is 3.28. The van der Waals surface area contributed by atoms with Crippen molar-refractivity contribution in [1.29, 1.82) is 0 Å². The number of fused-ring (bicyclic) bond motifs is 1. The van der Waals surface area contributed by atoms with Crippen LogP contribution in [0.4, 0.5) is 4.79 Å². The number of hydrogen-bond donors (Lipinski definition) is 2. The molecule has 1 aromatic carbocycles. The first-order valence-corrected chi connectivity index (χ1v) is 11.3. The number of guanidine groups is 1. The number of amides is 3. The summed E-state index contributed by atoms with van der Waals surface area (Å²) in [5.74, 6) is 0.973. The van der Waals surface area contributed by atoms with E-state index in [1.54, 1.807) is 14.2 Å². The molecular formula is C23H34N6O3. The molecule has 0 radical (unpaired) electrons. The van der Waals surface area contributed by atoms with E-state index in [0.717, 1.165) is 29.9 Å². The predicted octanol–water partition coefficient (Wildman–Crippen LogP) is 2.92. The van der Waals surface area contributed by atoms with Gasteiger partial charge in [0.05, 0.1) is 12.8 Å². The lowest BCUT2D eigenvalue weighted by Gasteiger charge is -2.36. The van der Waals surface area contributed by atoms with E-state index in [1.807, 2.05) is 36.1 Å². The predicted molar refractivity (Wildman–Crippen MR) is 125 cm³/mol. The average Bonchev–Trinajstić information content (AvgIpc) is 3.17. The smallest absolute Gasteiger partial charge is 0.325 e. The van der Waals surface area contributed by atoms with Gasteiger partial charge in [-0.2, -0.15) is 5.10 Å². The molecule has 2 heterocycles. The number of hydrogen-bond acceptors (Lipinski definition) is 7. The Morgan fingerprint density at radius 2 is 1.84 bits per heavy atom. The third kappa shape index (κ3) is 5.38. The van der Waals surface area contributed by atoms with Crippen molar-refractivity contribution in [2.75, 3.05) is 20.7 Å². The highest BCUT2D eigenvalue weighted by molar-refractivity contribution is 6.04. The van der Waals surface area contributed by atoms with E-state index in [-0.39, 0.29) is 5.91 Å². The molecule has 2 N–H and O–H groups in total. The SMILES string of the molecule is CCCCCCCCN1C(N/N=C(/C)c2ccc(OC)cc2)=NC2C1C(=O)NC(=O)N2C. The molecule has 1 fully saturated rings. The summed E-state index contributed by atoms with van der Waals surface area (Å²) >= 11 is 0. The van der Waals surface area contributed by atoms with Crippen molar-refractivity contribution in [2.45, 2.75) is 64.6 Å². The second-order valence-corrected chi connectivity index (χ2v) is 8.22. The van der Waals surface area contributed by atoms with Gasteiger partial charge in [0.25, 0.3) is 5.91 Å². The van der Waals surface area contributed by atoms with Crippen LogP contribution in [0.2, 0.25) is 0 Å². The van der Waals surface area contributed by atoms with Crippen molar-refractivity contribution in [2.24, 2.45) is 10.1 Å². The molecule has 2 unspecified atom stereocenters. The molecule has 9 nitrogen and oxygen atoms in total. The van der Waals surface area contributed by atoms with Crippen molar-refractivity contribution in [3.05, 3.63) is 29.8 Å². The van der Waals surface area contributed by atoms with Gasteiger partial charge in [0.2, 0.25) is 5.96 Å². The topological polar surface area (TPSA) is 98.6 Å². The number of urea groups is 1. The van der Waals surface area contributed by atoms with Gasteiger partial charge in [0, 0.05) is 13.6 Å². The number of benzene rings is 1. The standard InChI is InChI=1S/C23H34N6O3/c1-5-6-7-8-9-10-15-29-19-20(28(3)23(31)25-21(19)30)24-22(29)27-26-16(2)17-11-13-18(32-4)14-12-17/h11-14,19-20H,5-10,15H2,1-4H3,(H,24,27)(H,25,30,31)/b26-16-. The zero-order chi connectivity index (χ0) is 23.1. The Labute approximate surface area is 189 Å². The molecule has 2 atom stereocenters. The molecule has 9 heteroatoms. The maximum Gasteiger partial charge on any atom is 0.325 e. The van der Waals surface area contributed by atoms with Crippen LogP contribution in [-0.2, 0) is 4.79 Å². The van der Waals surface area contributed by atoms with E-state index < -0.39 is 18.2 Å². The summed E-state index contributed by atoms with van der Waals surface area (Å²) in [6.07, 6.45) is 6.33. The van der Waals surface area contributed by atoms with Crippen molar-refractivity contribution < 1.29 is 14.3 Å². The highest BCUT2D eigenvalue weighted by Crippen LogP contribution is 2.24. The van der Waals surface area contributed by atoms with Crippen LogP contribution in [0.5, 0.6) is 5.75 Å². The van der Waals surface area contributed by atoms with Crippen molar-refractivity contribution in [1.82, 2.24) is 20.5 Å². The van der Waals surface area contributed by atoms with Crippen LogP contribution >= 0.6 is 0 Å². The Morgan fingerprint density at radius 1 is 1.16 bits per heavy atom. The normalized spacial score (nSPS) is 20.8. The Bertz CT molecular complexity index is 867. The molecule has 0 aliphatic carbocycles. The van der Waals surface area contributed by atoms with Gasteiger partial charge in [0.15, 0.2) is 12.2 Å². The van der Waals surface area contributed by atoms with E-state index in [0.29, 0.717) is 12.5 Å². The Hall–Kier alpha value is -3.10. The molecule has 3 rings (SSSR count). The maximum atomic E-state index is 12.6. The molecular weight excluding hydrogens is 408 g/mol. The lowest BCUT2D eigenvalue weighted by atomic mass is 10.1. The number of imide groups is 1. The number of likely N-dealkylation sites (N-methyl/N-ethyl adjacent to an activating group) is 1. The monoisotopic (exact) mass is 442 g/mol. The molecule has 0 bridgehead atoms. The molecule has 2 aliphatic rings. The zero-order valence-corrected chi connectivity index (χ0v) is 19.4. The van der Waals surface area contributed by atoms with Gasteiger partial charge in [-0.15, -0.1) is 0 Å². The quantitative estimate of drug-likeness (QED) is 0.330. The highest BCUT2D eigenvalue weighted by Gasteiger charge is 2.48. The fourth-order valence-electron chi connectivity index (χ4n) is 3.96. The lowest BCUT2D eigenvalue weighted by molar-refractivity contribution is -0.127. The minimum atomic E-state index is -0.560. The van der Waals surface area contributed by atoms with E-state index in [2.05, 4.69) is 27.8 Å². The molecule has 1 saturated heterocycles. The van der Waals surface area contributed by atoms with Gasteiger partial charge in [-0.05, 0) is 43.2 Å². The third-order valence-electron chi connectivity index (χ3n) is 5.94. The molecule has 0 aromatic heterocycles. The van der Waals surface area contributed by atoms with E-state index in [4.69, 9.17) is 4.74 Å². The van der Waals surface area contributed by atoms with Crippen molar-refractivity contribution in [3.63, 3.8) is 0 Å². The summed E-state index contributed by atoms with van der Waals surface area (Å²) < 4.78 is 5.20. The third-order valence-corrected chi connectivity index (χ3v) is 5.94. The molecule has 0 spiro atoms. The second-order valence-electron chi connectivity index (χ2n) is 8.22. The lowest BCUT2D eigenvalue weighted by Crippen LogP contribution is -2.64. The first-order chi connectivity index (χ1) is 15.5. The van der Waals surface area contributed by atoms with Gasteiger partial charge < -0.3 is 14.5 Å². The molecule has 32 heavy (non-hydrogen) atoms. The van der Waals surface area contributed by atoms with Crippen LogP contribution in [0, 0.1) is 0 Å². The fourth-order valence-corrected chi connectivity index (χ4v) is 3.96. The number of methoxy groups -OCH3 is 1. The van der Waals surface area contributed by atoms with Gasteiger partial charge >= 0.3 is 6.03 Å². The number of ether oxygens (including phenoxy) is 1. The van der Waals surface area contributed by atoms with Crippen molar-refractivity contribution in [3.8, 4) is 5.75 Å². The number of hydrazone groups is 1. The number of nitrogens with zero attached hydrogens (tertiary/aromatic N) is 4. The number of carbonyl (C=O) groups is 2. The molecule has 2 aliphatic heterocycles. The Balaban J connectivity index is 1.72. The van der Waals surface area contributed by atoms with E-state index in [1.165, 1.54) is 30.6 Å². The van der Waals surface area contributed by atoms with Crippen LogP contribution in [0.15, 0.2) is 34.4 Å². The van der Waals surface area contributed by atoms with Crippen LogP contribution in [0.3, 0.4) is 0 Å². The number of nitrogens with one attached hydrogen (secondary N) is 2. The zero-order valence-electron chi connectivity index (χ0n) is 19.4. The molecule has 0 saturated carbocycles. The summed E-state index contributed by atoms with van der Waals surface area (Å²) in [5, 5.41) is 6.92. The van der Waals surface area contributed by atoms with Crippen LogP contribution in [0.1, 0.15) is 57.9 Å². The first-order valence-electron chi connectivity index (χ1n) is 11.3. The highest BCUT2D eigenvalue weighted by atomic mass is 16.5. The number of rotatable bonds is 10. The summed E-state index contributed by atoms with van der Waals surface area (Å²) in [5.41, 5.74) is 4.77. The molecule has 3 amide bonds. The Morgan fingerprint density at radius 3 is 2.53 bits per heavy atom. The first kappa shape index (κ1) is 23.6. The largest absolute Gasteiger partial charge is 0.497 e. The van der Waals surface area contributed by atoms with E-state index in [9.17, 15) is 9.59 Å². The average molecular weight is 443 g/mol. The van der Waals surface area contributed by atoms with Crippen molar-refractivity contribution >= 4 is 23.6 Å². The minimum absolute atomic E-state index is 0.319. The van der Waals surface area contributed by atoms with Gasteiger partial charge in [-0.25, -0.2) is 15.2 Å². The minimum Gasteiger partial charge on any atom is -0.497 e. The summed E-state index contributed by atoms with van der Waals surface area (Å²) in [6.45, 7) is 4.77. The summed E-state index contributed by atoms with van der Waals surface area (Å²) in [6, 6.07) is 6.65. The number of aliphatic imine (C=N–C) groups is 1. The fraction of sp³-hybridized carbons (Fsp3) is 0.565. The van der Waals surface area contributed by atoms with Crippen LogP contribution in [0.25, 0.3) is 0 Å². The number of unbranched alkanes of at least 4 members (excludes halogenated alkanes) is 5. The van der Waals surface area contributed by atoms with Gasteiger partial charge in [-0.3, -0.25) is 10.1 Å². The molecule has 174 valence electrons.